The van der Waals surface area contributed by atoms with Gasteiger partial charge < -0.3 is 4.57 Å². The third kappa shape index (κ3) is 6.07. The molecule has 5 heteroatoms. The summed E-state index contributed by atoms with van der Waals surface area (Å²) in [5, 5.41) is 9.73. The first-order chi connectivity index (χ1) is 32.2. The van der Waals surface area contributed by atoms with Gasteiger partial charge in [0.2, 0.25) is 0 Å². The highest BCUT2D eigenvalue weighted by Crippen LogP contribution is 2.49. The van der Waals surface area contributed by atoms with E-state index < -0.39 is 0 Å². The third-order valence-corrected chi connectivity index (χ3v) is 15.7. The fraction of sp³-hybridized carbons (Fsp3) is 0.131. The Morgan fingerprint density at radius 1 is 0.424 bits per heavy atom. The molecule has 0 fully saturated rings. The van der Waals surface area contributed by atoms with Crippen LogP contribution in [0.2, 0.25) is 0 Å². The fourth-order valence-corrected chi connectivity index (χ4v) is 12.0. The molecule has 13 rings (SSSR count). The minimum Gasteiger partial charge on any atom is -0.309 e. The van der Waals surface area contributed by atoms with E-state index in [0.29, 0.717) is 17.5 Å². The minimum atomic E-state index is 0.0633. The van der Waals surface area contributed by atoms with Gasteiger partial charge in [0.05, 0.1) is 11.0 Å². The fourth-order valence-electron chi connectivity index (χ4n) is 10.8. The van der Waals surface area contributed by atoms with Crippen molar-refractivity contribution in [2.24, 2.45) is 0 Å². The van der Waals surface area contributed by atoms with Gasteiger partial charge in [-0.05, 0) is 105 Å². The van der Waals surface area contributed by atoms with E-state index in [9.17, 15) is 0 Å². The molecule has 0 saturated carbocycles. The highest BCUT2D eigenvalue weighted by molar-refractivity contribution is 7.26. The summed E-state index contributed by atoms with van der Waals surface area (Å²) in [5.74, 6) is 1.95. The summed E-state index contributed by atoms with van der Waals surface area (Å²) in [6.45, 7) is 9.70. The van der Waals surface area contributed by atoms with E-state index >= 15 is 0 Å². The molecule has 4 nitrogen and oxygen atoms in total. The number of hydrogen-bond donors (Lipinski definition) is 0. The molecule has 12 aromatic rings. The second-order valence-electron chi connectivity index (χ2n) is 19.4. The number of thiophene rings is 1. The number of fused-ring (bicyclic) bond motifs is 10. The number of benzene rings is 9. The van der Waals surface area contributed by atoms with E-state index in [-0.39, 0.29) is 10.8 Å². The summed E-state index contributed by atoms with van der Waals surface area (Å²) in [7, 11) is 0. The molecule has 1 aliphatic carbocycles. The van der Waals surface area contributed by atoms with E-state index in [2.05, 4.69) is 214 Å². The molecule has 0 N–H and O–H groups in total. The molecule has 0 aliphatic heterocycles. The summed E-state index contributed by atoms with van der Waals surface area (Å²) in [4.78, 5) is 16.2. The molecule has 9 aromatic carbocycles. The summed E-state index contributed by atoms with van der Waals surface area (Å²) in [6, 6.07) is 66.2. The molecule has 3 aromatic heterocycles. The van der Waals surface area contributed by atoms with Gasteiger partial charge in [0.25, 0.3) is 0 Å². The zero-order valence-corrected chi connectivity index (χ0v) is 38.2. The highest BCUT2D eigenvalue weighted by atomic mass is 32.1. The lowest BCUT2D eigenvalue weighted by atomic mass is 9.63. The number of hydrogen-bond acceptors (Lipinski definition) is 4. The Kier molecular flexibility index (Phi) is 8.57. The van der Waals surface area contributed by atoms with Gasteiger partial charge in [-0.25, -0.2) is 15.0 Å². The Morgan fingerprint density at radius 2 is 1.03 bits per heavy atom. The average Bonchev–Trinajstić information content (AvgIpc) is 3.91. The van der Waals surface area contributed by atoms with Crippen LogP contribution in [0.1, 0.15) is 51.7 Å². The Labute approximate surface area is 387 Å². The van der Waals surface area contributed by atoms with Gasteiger partial charge in [-0.3, -0.25) is 0 Å². The normalized spacial score (nSPS) is 14.5. The van der Waals surface area contributed by atoms with Gasteiger partial charge in [-0.1, -0.05) is 167 Å². The van der Waals surface area contributed by atoms with Gasteiger partial charge in [0.1, 0.15) is 0 Å². The van der Waals surface area contributed by atoms with E-state index in [1.807, 2.05) is 0 Å². The van der Waals surface area contributed by atoms with Crippen LogP contribution in [0.25, 0.3) is 115 Å². The summed E-state index contributed by atoms with van der Waals surface area (Å²) >= 11 is 1.80. The predicted octanol–water partition coefficient (Wildman–Crippen LogP) is 16.7. The van der Waals surface area contributed by atoms with Crippen molar-refractivity contribution in [3.05, 3.63) is 193 Å². The van der Waals surface area contributed by atoms with Crippen LogP contribution in [-0.4, -0.2) is 19.5 Å². The van der Waals surface area contributed by atoms with Gasteiger partial charge in [-0.2, -0.15) is 0 Å². The molecule has 316 valence electrons. The Hall–Kier alpha value is -7.47. The van der Waals surface area contributed by atoms with Crippen molar-refractivity contribution < 1.29 is 0 Å². The van der Waals surface area contributed by atoms with Crippen LogP contribution in [0.15, 0.2) is 182 Å². The van der Waals surface area contributed by atoms with Crippen LogP contribution in [-0.2, 0) is 10.8 Å². The number of nitrogens with zero attached hydrogens (tertiary/aromatic N) is 4. The van der Waals surface area contributed by atoms with Crippen molar-refractivity contribution in [3.63, 3.8) is 0 Å². The topological polar surface area (TPSA) is 43.6 Å². The molecule has 0 atom stereocenters. The maximum atomic E-state index is 5.44. The predicted molar refractivity (Wildman–Crippen MR) is 279 cm³/mol. The number of rotatable bonds is 5. The SMILES string of the molecule is CC1(C)CCC(C)(C)c2cc3c(cc21)c1ccc2ccccc2c1n3-c1ccc2cccc(-c3nc(-c4cccc(-c5ccccc5)c4)nc(-c4cccc5c4sc4ccccc45)n3)c2c1. The Balaban J connectivity index is 1.07. The van der Waals surface area contributed by atoms with Gasteiger partial charge >= 0.3 is 0 Å². The summed E-state index contributed by atoms with van der Waals surface area (Å²) in [5.41, 5.74) is 11.8. The maximum absolute atomic E-state index is 5.44. The standard InChI is InChI=1S/C61H46N4S/c1-60(2)31-32-61(3,4)52-36-53-50(35-51(52)60)45-30-28-38-17-8-9-21-43(38)55(45)65(53)42-29-27-39-18-13-24-47(49(39)34-42)58-62-57(41-20-12-19-40(33-41)37-15-6-5-7-16-37)63-59(64-58)48-25-14-23-46-44-22-10-11-26-54(44)66-56(46)48/h5-30,33-36H,31-32H2,1-4H3. The van der Waals surface area contributed by atoms with Crippen LogP contribution in [0.5, 0.6) is 0 Å². The van der Waals surface area contributed by atoms with Crippen LogP contribution in [0.4, 0.5) is 0 Å². The molecule has 0 saturated heterocycles. The maximum Gasteiger partial charge on any atom is 0.165 e. The van der Waals surface area contributed by atoms with Crippen molar-refractivity contribution in [1.82, 2.24) is 19.5 Å². The van der Waals surface area contributed by atoms with E-state index in [1.165, 1.54) is 70.3 Å². The smallest absolute Gasteiger partial charge is 0.165 e. The Bertz CT molecular complexity index is 3950. The first-order valence-corrected chi connectivity index (χ1v) is 23.9. The quantitative estimate of drug-likeness (QED) is 0.173. The monoisotopic (exact) mass is 866 g/mol. The molecular weight excluding hydrogens is 821 g/mol. The summed E-state index contributed by atoms with van der Waals surface area (Å²) < 4.78 is 4.95. The molecule has 0 unspecified atom stereocenters. The second kappa shape index (κ2) is 14.5. The molecule has 66 heavy (non-hydrogen) atoms. The second-order valence-corrected chi connectivity index (χ2v) is 20.5. The zero-order chi connectivity index (χ0) is 44.3. The van der Waals surface area contributed by atoms with Gasteiger partial charge in [0, 0.05) is 58.7 Å². The van der Waals surface area contributed by atoms with Crippen molar-refractivity contribution in [2.45, 2.75) is 51.4 Å². The van der Waals surface area contributed by atoms with Gasteiger partial charge in [-0.15, -0.1) is 11.3 Å². The van der Waals surface area contributed by atoms with E-state index in [1.54, 1.807) is 11.3 Å². The first kappa shape index (κ1) is 38.9. The van der Waals surface area contributed by atoms with Crippen molar-refractivity contribution >= 4 is 74.9 Å². The molecule has 0 amide bonds. The molecule has 3 heterocycles. The summed E-state index contributed by atoms with van der Waals surface area (Å²) in [6.07, 6.45) is 2.33. The lowest BCUT2D eigenvalue weighted by molar-refractivity contribution is 0.332. The minimum absolute atomic E-state index is 0.0633. The van der Waals surface area contributed by atoms with Crippen molar-refractivity contribution in [2.75, 3.05) is 0 Å². The van der Waals surface area contributed by atoms with Crippen LogP contribution in [0, 0.1) is 0 Å². The molecule has 0 bridgehead atoms. The Morgan fingerprint density at radius 3 is 1.88 bits per heavy atom. The van der Waals surface area contributed by atoms with Crippen molar-refractivity contribution in [1.29, 1.82) is 0 Å². The van der Waals surface area contributed by atoms with Crippen LogP contribution in [0.3, 0.4) is 0 Å². The van der Waals surface area contributed by atoms with Crippen molar-refractivity contribution in [3.8, 4) is 51.0 Å². The molecule has 1 aliphatic rings. The number of aromatic nitrogens is 4. The van der Waals surface area contributed by atoms with E-state index in [4.69, 9.17) is 15.0 Å². The molecule has 0 spiro atoms. The lowest BCUT2D eigenvalue weighted by Gasteiger charge is -2.42. The first-order valence-electron chi connectivity index (χ1n) is 23.1. The largest absolute Gasteiger partial charge is 0.309 e. The third-order valence-electron chi connectivity index (χ3n) is 14.5. The van der Waals surface area contributed by atoms with E-state index in [0.717, 1.165) is 50.7 Å². The van der Waals surface area contributed by atoms with Crippen LogP contribution < -0.4 is 0 Å². The highest BCUT2D eigenvalue weighted by Gasteiger charge is 2.38. The van der Waals surface area contributed by atoms with Crippen LogP contribution >= 0.6 is 11.3 Å². The lowest BCUT2D eigenvalue weighted by Crippen LogP contribution is -2.33. The van der Waals surface area contributed by atoms with Gasteiger partial charge in [0.15, 0.2) is 17.5 Å². The molecular formula is C61H46N4S. The molecule has 0 radical (unpaired) electrons. The average molecular weight is 867 g/mol. The zero-order valence-electron chi connectivity index (χ0n) is 37.4.